The van der Waals surface area contributed by atoms with Gasteiger partial charge in [-0.05, 0) is 22.8 Å². The maximum absolute atomic E-state index is 12.9. The molecule has 2 N–H and O–H groups in total. The molecular weight excluding hydrogens is 307 g/mol. The SMILES string of the molecule is O=C(Cc1ccccc1C(F)(F)F)NCc1cccc(CO)c1. The van der Waals surface area contributed by atoms with Crippen LogP contribution in [0.2, 0.25) is 0 Å². The molecule has 0 spiro atoms. The van der Waals surface area contributed by atoms with Gasteiger partial charge in [-0.15, -0.1) is 0 Å². The first kappa shape index (κ1) is 17.0. The van der Waals surface area contributed by atoms with E-state index >= 15 is 0 Å². The van der Waals surface area contributed by atoms with Crippen molar-refractivity contribution in [3.05, 3.63) is 70.8 Å². The minimum atomic E-state index is -4.48. The zero-order valence-corrected chi connectivity index (χ0v) is 12.2. The van der Waals surface area contributed by atoms with Crippen LogP contribution in [-0.4, -0.2) is 11.0 Å². The van der Waals surface area contributed by atoms with Gasteiger partial charge in [-0.2, -0.15) is 13.2 Å². The standard InChI is InChI=1S/C17H16F3NO2/c18-17(19,20)15-7-2-1-6-14(15)9-16(23)21-10-12-4-3-5-13(8-12)11-22/h1-8,22H,9-11H2,(H,21,23). The molecule has 0 heterocycles. The van der Waals surface area contributed by atoms with E-state index in [1.54, 1.807) is 24.3 Å². The monoisotopic (exact) mass is 323 g/mol. The minimum Gasteiger partial charge on any atom is -0.392 e. The van der Waals surface area contributed by atoms with Crippen LogP contribution in [0.5, 0.6) is 0 Å². The number of amides is 1. The number of aliphatic hydroxyl groups is 1. The highest BCUT2D eigenvalue weighted by atomic mass is 19.4. The lowest BCUT2D eigenvalue weighted by atomic mass is 10.0. The molecule has 2 aromatic rings. The van der Waals surface area contributed by atoms with Crippen molar-refractivity contribution in [3.8, 4) is 0 Å². The summed E-state index contributed by atoms with van der Waals surface area (Å²) < 4.78 is 38.6. The van der Waals surface area contributed by atoms with Gasteiger partial charge in [0, 0.05) is 6.54 Å². The van der Waals surface area contributed by atoms with Gasteiger partial charge in [-0.25, -0.2) is 0 Å². The molecule has 2 rings (SSSR count). The number of halogens is 3. The number of nitrogens with one attached hydrogen (secondary N) is 1. The molecule has 0 aliphatic carbocycles. The average molecular weight is 323 g/mol. The second-order valence-electron chi connectivity index (χ2n) is 5.09. The molecule has 23 heavy (non-hydrogen) atoms. The van der Waals surface area contributed by atoms with E-state index in [4.69, 9.17) is 5.11 Å². The molecule has 0 aliphatic heterocycles. The van der Waals surface area contributed by atoms with Crippen molar-refractivity contribution < 1.29 is 23.1 Å². The number of hydrogen-bond donors (Lipinski definition) is 2. The summed E-state index contributed by atoms with van der Waals surface area (Å²) in [7, 11) is 0. The van der Waals surface area contributed by atoms with Crippen molar-refractivity contribution in [3.63, 3.8) is 0 Å². The topological polar surface area (TPSA) is 49.3 Å². The van der Waals surface area contributed by atoms with E-state index in [0.29, 0.717) is 5.56 Å². The molecule has 122 valence electrons. The van der Waals surface area contributed by atoms with E-state index in [2.05, 4.69) is 5.32 Å². The smallest absolute Gasteiger partial charge is 0.392 e. The first-order valence-electron chi connectivity index (χ1n) is 7.00. The molecule has 0 saturated carbocycles. The second-order valence-corrected chi connectivity index (χ2v) is 5.09. The molecule has 0 aromatic heterocycles. The van der Waals surface area contributed by atoms with Crippen LogP contribution >= 0.6 is 0 Å². The van der Waals surface area contributed by atoms with Gasteiger partial charge in [0.25, 0.3) is 0 Å². The highest BCUT2D eigenvalue weighted by Crippen LogP contribution is 2.31. The number of rotatable bonds is 5. The number of hydrogen-bond acceptors (Lipinski definition) is 2. The Hall–Kier alpha value is -2.34. The fourth-order valence-electron chi connectivity index (χ4n) is 2.23. The second kappa shape index (κ2) is 7.28. The number of aliphatic hydroxyl groups excluding tert-OH is 1. The normalized spacial score (nSPS) is 11.3. The first-order valence-corrected chi connectivity index (χ1v) is 7.00. The van der Waals surface area contributed by atoms with Crippen LogP contribution in [0.4, 0.5) is 13.2 Å². The summed E-state index contributed by atoms with van der Waals surface area (Å²) in [4.78, 5) is 11.9. The number of carbonyl (C=O) groups is 1. The van der Waals surface area contributed by atoms with Gasteiger partial charge in [0.15, 0.2) is 0 Å². The van der Waals surface area contributed by atoms with Crippen LogP contribution in [0.1, 0.15) is 22.3 Å². The van der Waals surface area contributed by atoms with Crippen molar-refractivity contribution in [1.82, 2.24) is 5.32 Å². The fraction of sp³-hybridized carbons (Fsp3) is 0.235. The Morgan fingerprint density at radius 1 is 1.04 bits per heavy atom. The van der Waals surface area contributed by atoms with E-state index in [1.807, 2.05) is 0 Å². The molecule has 0 unspecified atom stereocenters. The molecule has 6 heteroatoms. The zero-order chi connectivity index (χ0) is 16.9. The Kier molecular flexibility index (Phi) is 5.39. The lowest BCUT2D eigenvalue weighted by Gasteiger charge is -2.12. The molecule has 0 saturated heterocycles. The molecule has 2 aromatic carbocycles. The summed E-state index contributed by atoms with van der Waals surface area (Å²) in [6.45, 7) is 0.0849. The van der Waals surface area contributed by atoms with E-state index in [9.17, 15) is 18.0 Å². The van der Waals surface area contributed by atoms with E-state index in [-0.39, 0.29) is 25.1 Å². The molecule has 0 aliphatic rings. The maximum atomic E-state index is 12.9. The average Bonchev–Trinajstić information content (AvgIpc) is 2.52. The van der Waals surface area contributed by atoms with Crippen molar-refractivity contribution in [2.24, 2.45) is 0 Å². The summed E-state index contributed by atoms with van der Waals surface area (Å²) in [5.41, 5.74) is 0.632. The van der Waals surface area contributed by atoms with Crippen LogP contribution in [0.25, 0.3) is 0 Å². The number of benzene rings is 2. The number of carbonyl (C=O) groups excluding carboxylic acids is 1. The van der Waals surface area contributed by atoms with Crippen LogP contribution in [0.3, 0.4) is 0 Å². The third kappa shape index (κ3) is 4.82. The van der Waals surface area contributed by atoms with Crippen molar-refractivity contribution in [1.29, 1.82) is 0 Å². The summed E-state index contributed by atoms with van der Waals surface area (Å²) in [5.74, 6) is -0.490. The Morgan fingerprint density at radius 2 is 1.74 bits per heavy atom. The van der Waals surface area contributed by atoms with Crippen molar-refractivity contribution in [2.75, 3.05) is 0 Å². The Bertz CT molecular complexity index is 684. The minimum absolute atomic E-state index is 0.0541. The summed E-state index contributed by atoms with van der Waals surface area (Å²) in [6, 6.07) is 12.0. The van der Waals surface area contributed by atoms with Crippen LogP contribution < -0.4 is 5.32 Å². The Balaban J connectivity index is 2.00. The maximum Gasteiger partial charge on any atom is 0.416 e. The zero-order valence-electron chi connectivity index (χ0n) is 12.2. The van der Waals surface area contributed by atoms with E-state index in [1.165, 1.54) is 18.2 Å². The molecule has 0 radical (unpaired) electrons. The van der Waals surface area contributed by atoms with E-state index < -0.39 is 17.6 Å². The van der Waals surface area contributed by atoms with Crippen LogP contribution in [0.15, 0.2) is 48.5 Å². The fourth-order valence-corrected chi connectivity index (χ4v) is 2.23. The highest BCUT2D eigenvalue weighted by Gasteiger charge is 2.33. The summed E-state index contributed by atoms with van der Waals surface area (Å²) >= 11 is 0. The third-order valence-corrected chi connectivity index (χ3v) is 3.34. The van der Waals surface area contributed by atoms with Gasteiger partial charge in [-0.3, -0.25) is 4.79 Å². The molecule has 1 amide bonds. The quantitative estimate of drug-likeness (QED) is 0.888. The lowest BCUT2D eigenvalue weighted by molar-refractivity contribution is -0.138. The van der Waals surface area contributed by atoms with Gasteiger partial charge < -0.3 is 10.4 Å². The van der Waals surface area contributed by atoms with Crippen molar-refractivity contribution in [2.45, 2.75) is 25.7 Å². The molecule has 0 fully saturated rings. The van der Waals surface area contributed by atoms with E-state index in [0.717, 1.165) is 11.6 Å². The predicted molar refractivity (Wildman–Crippen MR) is 79.4 cm³/mol. The van der Waals surface area contributed by atoms with Gasteiger partial charge in [0.1, 0.15) is 0 Å². The lowest BCUT2D eigenvalue weighted by Crippen LogP contribution is -2.25. The largest absolute Gasteiger partial charge is 0.416 e. The third-order valence-electron chi connectivity index (χ3n) is 3.34. The van der Waals surface area contributed by atoms with Gasteiger partial charge in [0.05, 0.1) is 18.6 Å². The Labute approximate surface area is 131 Å². The first-order chi connectivity index (χ1) is 10.9. The molecule has 0 bridgehead atoms. The van der Waals surface area contributed by atoms with Gasteiger partial charge in [0.2, 0.25) is 5.91 Å². The summed E-state index contributed by atoms with van der Waals surface area (Å²) in [5, 5.41) is 11.6. The predicted octanol–water partition coefficient (Wildman–Crippen LogP) is 3.06. The van der Waals surface area contributed by atoms with Crippen LogP contribution in [-0.2, 0) is 30.5 Å². The molecular formula is C17H16F3NO2. The van der Waals surface area contributed by atoms with Crippen LogP contribution in [0, 0.1) is 0 Å². The van der Waals surface area contributed by atoms with Gasteiger partial charge in [-0.1, -0.05) is 42.5 Å². The highest BCUT2D eigenvalue weighted by molar-refractivity contribution is 5.79. The summed E-state index contributed by atoms with van der Waals surface area (Å²) in [6.07, 6.45) is -4.82. The molecule has 3 nitrogen and oxygen atoms in total. The van der Waals surface area contributed by atoms with Crippen molar-refractivity contribution >= 4 is 5.91 Å². The van der Waals surface area contributed by atoms with Gasteiger partial charge >= 0.3 is 6.18 Å². The molecule has 0 atom stereocenters. The number of alkyl halides is 3. The Morgan fingerprint density at radius 3 is 2.43 bits per heavy atom.